The highest BCUT2D eigenvalue weighted by Crippen LogP contribution is 2.31. The summed E-state index contributed by atoms with van der Waals surface area (Å²) in [4.78, 5) is 4.07. The van der Waals surface area contributed by atoms with E-state index in [4.69, 9.17) is 5.73 Å². The van der Waals surface area contributed by atoms with E-state index in [1.165, 1.54) is 23.3 Å². The van der Waals surface area contributed by atoms with E-state index in [0.717, 1.165) is 25.6 Å². The minimum atomic E-state index is 0.451. The first-order valence-corrected chi connectivity index (χ1v) is 8.27. The van der Waals surface area contributed by atoms with Crippen molar-refractivity contribution in [1.82, 2.24) is 4.90 Å². The van der Waals surface area contributed by atoms with Crippen LogP contribution in [-0.4, -0.2) is 23.5 Å². The van der Waals surface area contributed by atoms with Crippen molar-refractivity contribution >= 4 is 11.3 Å². The van der Waals surface area contributed by atoms with Gasteiger partial charge in [0, 0.05) is 30.1 Å². The van der Waals surface area contributed by atoms with Crippen LogP contribution in [0.3, 0.4) is 0 Å². The molecule has 106 valence electrons. The average molecular weight is 286 g/mol. The van der Waals surface area contributed by atoms with Crippen molar-refractivity contribution in [1.29, 1.82) is 0 Å². The van der Waals surface area contributed by atoms with Crippen molar-refractivity contribution in [2.45, 2.75) is 37.9 Å². The van der Waals surface area contributed by atoms with Crippen LogP contribution in [0.4, 0.5) is 0 Å². The molecule has 0 amide bonds. The summed E-state index contributed by atoms with van der Waals surface area (Å²) in [5.41, 5.74) is 7.47. The smallest absolute Gasteiger partial charge is 0.0334 e. The Kier molecular flexibility index (Phi) is 4.51. The fourth-order valence-corrected chi connectivity index (χ4v) is 3.48. The molecule has 0 spiro atoms. The second-order valence-corrected chi connectivity index (χ2v) is 6.59. The molecule has 2 N–H and O–H groups in total. The topological polar surface area (TPSA) is 29.3 Å². The van der Waals surface area contributed by atoms with Crippen molar-refractivity contribution in [3.05, 3.63) is 58.3 Å². The molecule has 2 aromatic rings. The molecule has 1 atom stereocenters. The van der Waals surface area contributed by atoms with Crippen LogP contribution >= 0.6 is 11.3 Å². The van der Waals surface area contributed by atoms with Gasteiger partial charge in [-0.3, -0.25) is 4.90 Å². The quantitative estimate of drug-likeness (QED) is 0.846. The van der Waals surface area contributed by atoms with Gasteiger partial charge in [-0.05, 0) is 36.3 Å². The number of nitrogens with two attached hydrogens (primary N) is 1. The van der Waals surface area contributed by atoms with E-state index in [1.54, 1.807) is 0 Å². The summed E-state index contributed by atoms with van der Waals surface area (Å²) in [6, 6.07) is 16.3. The van der Waals surface area contributed by atoms with Gasteiger partial charge < -0.3 is 5.73 Å². The predicted molar refractivity (Wildman–Crippen MR) is 85.9 cm³/mol. The molecular weight excluding hydrogens is 264 g/mol. The molecule has 2 nitrogen and oxygen atoms in total. The van der Waals surface area contributed by atoms with E-state index < -0.39 is 0 Å². The Labute approximate surface area is 125 Å². The highest BCUT2D eigenvalue weighted by Gasteiger charge is 2.33. The van der Waals surface area contributed by atoms with Crippen LogP contribution in [0, 0.1) is 0 Å². The summed E-state index contributed by atoms with van der Waals surface area (Å²) in [6.07, 6.45) is 3.71. The third kappa shape index (κ3) is 3.48. The van der Waals surface area contributed by atoms with Crippen LogP contribution in [0.1, 0.15) is 23.3 Å². The van der Waals surface area contributed by atoms with Crippen LogP contribution in [0.5, 0.6) is 0 Å². The zero-order valence-corrected chi connectivity index (χ0v) is 12.6. The lowest BCUT2D eigenvalue weighted by Crippen LogP contribution is -2.43. The van der Waals surface area contributed by atoms with Crippen molar-refractivity contribution in [2.24, 2.45) is 5.73 Å². The Morgan fingerprint density at radius 2 is 1.95 bits per heavy atom. The molecule has 0 radical (unpaired) electrons. The van der Waals surface area contributed by atoms with E-state index in [1.807, 2.05) is 11.3 Å². The standard InChI is InChI=1S/C17H22N2S/c18-12-16(11-14-5-2-1-3-6-14)19(15-8-9-15)13-17-7-4-10-20-17/h1-7,10,15-16H,8-9,11-13,18H2. The number of thiophene rings is 1. The molecule has 3 heteroatoms. The average Bonchev–Trinajstić information content (AvgIpc) is 3.20. The number of rotatable bonds is 7. The molecule has 1 aliphatic carbocycles. The summed E-state index contributed by atoms with van der Waals surface area (Å²) in [6.45, 7) is 1.79. The fraction of sp³-hybridized carbons (Fsp3) is 0.412. The van der Waals surface area contributed by atoms with Gasteiger partial charge in [0.15, 0.2) is 0 Å². The second kappa shape index (κ2) is 6.53. The minimum absolute atomic E-state index is 0.451. The number of benzene rings is 1. The Morgan fingerprint density at radius 1 is 1.15 bits per heavy atom. The first-order chi connectivity index (χ1) is 9.86. The van der Waals surface area contributed by atoms with Gasteiger partial charge in [-0.1, -0.05) is 36.4 Å². The van der Waals surface area contributed by atoms with Crippen molar-refractivity contribution < 1.29 is 0 Å². The van der Waals surface area contributed by atoms with Gasteiger partial charge in [-0.15, -0.1) is 11.3 Å². The molecule has 1 saturated carbocycles. The lowest BCUT2D eigenvalue weighted by Gasteiger charge is -2.31. The monoisotopic (exact) mass is 286 g/mol. The lowest BCUT2D eigenvalue weighted by molar-refractivity contribution is 0.181. The van der Waals surface area contributed by atoms with Gasteiger partial charge in [0.2, 0.25) is 0 Å². The van der Waals surface area contributed by atoms with Gasteiger partial charge in [-0.2, -0.15) is 0 Å². The summed E-state index contributed by atoms with van der Waals surface area (Å²) in [5.74, 6) is 0. The predicted octanol–water partition coefficient (Wildman–Crippen LogP) is 3.28. The Hall–Kier alpha value is -1.16. The summed E-state index contributed by atoms with van der Waals surface area (Å²) >= 11 is 1.85. The first kappa shape index (κ1) is 13.8. The van der Waals surface area contributed by atoms with Crippen molar-refractivity contribution in [2.75, 3.05) is 6.54 Å². The fourth-order valence-electron chi connectivity index (χ4n) is 2.77. The van der Waals surface area contributed by atoms with E-state index in [0.29, 0.717) is 6.04 Å². The van der Waals surface area contributed by atoms with Gasteiger partial charge in [0.25, 0.3) is 0 Å². The SMILES string of the molecule is NCC(Cc1ccccc1)N(Cc1cccs1)C1CC1. The molecule has 1 aliphatic rings. The molecular formula is C17H22N2S. The van der Waals surface area contributed by atoms with Gasteiger partial charge in [0.05, 0.1) is 0 Å². The molecule has 0 saturated heterocycles. The maximum atomic E-state index is 6.08. The summed E-state index contributed by atoms with van der Waals surface area (Å²) in [5, 5.41) is 2.16. The molecule has 3 rings (SSSR count). The van der Waals surface area contributed by atoms with E-state index in [2.05, 4.69) is 52.7 Å². The molecule has 0 aliphatic heterocycles. The molecule has 1 aromatic heterocycles. The molecule has 1 fully saturated rings. The molecule has 1 heterocycles. The Balaban J connectivity index is 1.71. The minimum Gasteiger partial charge on any atom is -0.329 e. The van der Waals surface area contributed by atoms with Crippen LogP contribution < -0.4 is 5.73 Å². The van der Waals surface area contributed by atoms with Crippen molar-refractivity contribution in [3.8, 4) is 0 Å². The van der Waals surface area contributed by atoms with E-state index in [-0.39, 0.29) is 0 Å². The summed E-state index contributed by atoms with van der Waals surface area (Å²) in [7, 11) is 0. The van der Waals surface area contributed by atoms with Crippen LogP contribution in [0.25, 0.3) is 0 Å². The first-order valence-electron chi connectivity index (χ1n) is 7.39. The molecule has 0 bridgehead atoms. The third-order valence-corrected chi connectivity index (χ3v) is 4.85. The highest BCUT2D eigenvalue weighted by atomic mass is 32.1. The van der Waals surface area contributed by atoms with Crippen LogP contribution in [0.2, 0.25) is 0 Å². The highest BCUT2D eigenvalue weighted by molar-refractivity contribution is 7.09. The van der Waals surface area contributed by atoms with Gasteiger partial charge in [0.1, 0.15) is 0 Å². The van der Waals surface area contributed by atoms with Crippen molar-refractivity contribution in [3.63, 3.8) is 0 Å². The lowest BCUT2D eigenvalue weighted by atomic mass is 10.0. The number of hydrogen-bond donors (Lipinski definition) is 1. The maximum Gasteiger partial charge on any atom is 0.0334 e. The van der Waals surface area contributed by atoms with Crippen LogP contribution in [-0.2, 0) is 13.0 Å². The van der Waals surface area contributed by atoms with Crippen LogP contribution in [0.15, 0.2) is 47.8 Å². The molecule has 1 aromatic carbocycles. The van der Waals surface area contributed by atoms with E-state index in [9.17, 15) is 0 Å². The maximum absolute atomic E-state index is 6.08. The Morgan fingerprint density at radius 3 is 2.55 bits per heavy atom. The normalized spacial score (nSPS) is 16.5. The second-order valence-electron chi connectivity index (χ2n) is 5.56. The summed E-state index contributed by atoms with van der Waals surface area (Å²) < 4.78 is 0. The largest absolute Gasteiger partial charge is 0.329 e. The van der Waals surface area contributed by atoms with E-state index >= 15 is 0 Å². The third-order valence-electron chi connectivity index (χ3n) is 3.99. The zero-order chi connectivity index (χ0) is 13.8. The van der Waals surface area contributed by atoms with Gasteiger partial charge in [-0.25, -0.2) is 0 Å². The molecule has 20 heavy (non-hydrogen) atoms. The number of nitrogens with zero attached hydrogens (tertiary/aromatic N) is 1. The zero-order valence-electron chi connectivity index (χ0n) is 11.7. The Bertz CT molecular complexity index is 505. The molecule has 1 unspecified atom stereocenters. The number of hydrogen-bond acceptors (Lipinski definition) is 3. The van der Waals surface area contributed by atoms with Gasteiger partial charge >= 0.3 is 0 Å².